The Hall–Kier alpha value is -4.37. The molecular formula is C32H31N3O5S. The van der Waals surface area contributed by atoms with Crippen LogP contribution in [0.3, 0.4) is 0 Å². The van der Waals surface area contributed by atoms with Crippen LogP contribution in [0.25, 0.3) is 11.1 Å². The maximum absolute atomic E-state index is 11.8. The van der Waals surface area contributed by atoms with Crippen LogP contribution in [0.1, 0.15) is 52.8 Å². The zero-order valence-corrected chi connectivity index (χ0v) is 23.5. The van der Waals surface area contributed by atoms with Crippen molar-refractivity contribution in [2.24, 2.45) is 0 Å². The number of nitrogens with one attached hydrogen (secondary N) is 1. The second kappa shape index (κ2) is 12.9. The van der Waals surface area contributed by atoms with Crippen LogP contribution in [0.15, 0.2) is 79.0 Å². The van der Waals surface area contributed by atoms with Gasteiger partial charge in [0.15, 0.2) is 0 Å². The number of benzene rings is 3. The predicted molar refractivity (Wildman–Crippen MR) is 158 cm³/mol. The van der Waals surface area contributed by atoms with Gasteiger partial charge in [0.25, 0.3) is 5.24 Å². The van der Waals surface area contributed by atoms with Gasteiger partial charge in [0, 0.05) is 19.2 Å². The number of unbranched alkanes of at least 4 members (excludes halogenated alkanes) is 1. The van der Waals surface area contributed by atoms with E-state index in [1.807, 2.05) is 66.9 Å². The van der Waals surface area contributed by atoms with E-state index in [1.165, 1.54) is 0 Å². The van der Waals surface area contributed by atoms with Crippen LogP contribution in [-0.2, 0) is 30.8 Å². The molecule has 1 atom stereocenters. The first-order chi connectivity index (χ1) is 19.9. The molecule has 210 valence electrons. The summed E-state index contributed by atoms with van der Waals surface area (Å²) in [4.78, 5) is 39.7. The first-order valence-electron chi connectivity index (χ1n) is 13.6. The highest BCUT2D eigenvalue weighted by Crippen LogP contribution is 2.26. The van der Waals surface area contributed by atoms with E-state index in [9.17, 15) is 19.5 Å². The summed E-state index contributed by atoms with van der Waals surface area (Å²) in [7, 11) is 0. The number of ether oxygens (including phenoxy) is 1. The Labute approximate surface area is 242 Å². The van der Waals surface area contributed by atoms with Gasteiger partial charge in [-0.1, -0.05) is 79.7 Å². The Bertz CT molecular complexity index is 1550. The van der Waals surface area contributed by atoms with Crippen molar-refractivity contribution in [1.29, 1.82) is 0 Å². The third kappa shape index (κ3) is 7.05. The number of aromatic carboxylic acids is 1. The lowest BCUT2D eigenvalue weighted by molar-refractivity contribution is -0.118. The summed E-state index contributed by atoms with van der Waals surface area (Å²) in [5, 5.41) is 11.2. The fraction of sp³-hybridized carbons (Fsp3) is 0.250. The molecule has 0 spiro atoms. The van der Waals surface area contributed by atoms with Gasteiger partial charge in [-0.2, -0.15) is 0 Å². The van der Waals surface area contributed by atoms with E-state index in [0.29, 0.717) is 30.9 Å². The van der Waals surface area contributed by atoms with Gasteiger partial charge in [-0.25, -0.2) is 9.78 Å². The lowest BCUT2D eigenvalue weighted by Gasteiger charge is -2.10. The van der Waals surface area contributed by atoms with Gasteiger partial charge in [-0.05, 0) is 53.3 Å². The van der Waals surface area contributed by atoms with Crippen LogP contribution in [0.4, 0.5) is 4.79 Å². The minimum atomic E-state index is -0.941. The molecule has 2 N–H and O–H groups in total. The average molecular weight is 570 g/mol. The standard InChI is InChI=1S/C32H31N3O5S/c1-2-3-8-29-33-24(20-40-25-15-11-21(12-16-25)17-28-30(36)34-32(39)41-28)19-35(29)18-22-9-13-23(14-10-22)26-6-4-5-7-27(26)31(37)38/h4-7,9-16,19,28H,2-3,8,17-18,20H2,1H3,(H,37,38)(H,34,36,39). The summed E-state index contributed by atoms with van der Waals surface area (Å²) >= 11 is 1.03. The number of rotatable bonds is 12. The summed E-state index contributed by atoms with van der Waals surface area (Å²) in [6.45, 7) is 3.13. The van der Waals surface area contributed by atoms with Crippen molar-refractivity contribution in [3.05, 3.63) is 107 Å². The normalized spacial score (nSPS) is 14.7. The zero-order valence-electron chi connectivity index (χ0n) is 22.7. The maximum Gasteiger partial charge on any atom is 0.336 e. The molecule has 2 amide bonds. The monoisotopic (exact) mass is 569 g/mol. The van der Waals surface area contributed by atoms with Gasteiger partial charge in [0.1, 0.15) is 18.2 Å². The van der Waals surface area contributed by atoms with Crippen LogP contribution in [-0.4, -0.2) is 37.0 Å². The first-order valence-corrected chi connectivity index (χ1v) is 14.5. The molecule has 1 saturated heterocycles. The maximum atomic E-state index is 11.8. The molecule has 1 aromatic heterocycles. The second-order valence-electron chi connectivity index (χ2n) is 9.95. The highest BCUT2D eigenvalue weighted by atomic mass is 32.2. The molecule has 2 heterocycles. The smallest absolute Gasteiger partial charge is 0.336 e. The number of hydrogen-bond donors (Lipinski definition) is 2. The number of amides is 2. The Kier molecular flexibility index (Phi) is 8.84. The number of aromatic nitrogens is 2. The fourth-order valence-electron chi connectivity index (χ4n) is 4.78. The molecule has 41 heavy (non-hydrogen) atoms. The molecular weight excluding hydrogens is 538 g/mol. The molecule has 1 unspecified atom stereocenters. The number of carbonyl (C=O) groups excluding carboxylic acids is 2. The van der Waals surface area contributed by atoms with Gasteiger partial charge < -0.3 is 14.4 Å². The van der Waals surface area contributed by atoms with E-state index in [4.69, 9.17) is 9.72 Å². The Morgan fingerprint density at radius 2 is 1.76 bits per heavy atom. The minimum absolute atomic E-state index is 0.241. The quantitative estimate of drug-likeness (QED) is 0.212. The van der Waals surface area contributed by atoms with E-state index in [1.54, 1.807) is 12.1 Å². The first kappa shape index (κ1) is 28.2. The Morgan fingerprint density at radius 3 is 2.44 bits per heavy atom. The van der Waals surface area contributed by atoms with Crippen LogP contribution in [0, 0.1) is 0 Å². The molecule has 0 aliphatic carbocycles. The summed E-state index contributed by atoms with van der Waals surface area (Å²) in [5.41, 5.74) is 4.74. The number of nitrogens with zero attached hydrogens (tertiary/aromatic N) is 2. The number of imide groups is 1. The van der Waals surface area contributed by atoms with Crippen molar-refractivity contribution in [2.75, 3.05) is 0 Å². The van der Waals surface area contributed by atoms with E-state index in [0.717, 1.165) is 59.2 Å². The van der Waals surface area contributed by atoms with Gasteiger partial charge in [-0.3, -0.25) is 14.9 Å². The average Bonchev–Trinajstić information content (AvgIpc) is 3.52. The lowest BCUT2D eigenvalue weighted by Crippen LogP contribution is -2.25. The molecule has 1 aliphatic rings. The summed E-state index contributed by atoms with van der Waals surface area (Å²) in [5.74, 6) is 0.525. The molecule has 5 rings (SSSR count). The molecule has 8 nitrogen and oxygen atoms in total. The summed E-state index contributed by atoms with van der Waals surface area (Å²) in [6, 6.07) is 22.6. The highest BCUT2D eigenvalue weighted by molar-refractivity contribution is 8.15. The molecule has 4 aromatic rings. The van der Waals surface area contributed by atoms with E-state index in [2.05, 4.69) is 16.8 Å². The molecule has 1 aliphatic heterocycles. The van der Waals surface area contributed by atoms with Crippen molar-refractivity contribution >= 4 is 28.9 Å². The van der Waals surface area contributed by atoms with Crippen LogP contribution >= 0.6 is 11.8 Å². The van der Waals surface area contributed by atoms with Crippen molar-refractivity contribution in [3.8, 4) is 16.9 Å². The Morgan fingerprint density at radius 1 is 1.02 bits per heavy atom. The SMILES string of the molecule is CCCCc1nc(COc2ccc(CC3SC(=O)NC3=O)cc2)cn1Cc1ccc(-c2ccccc2C(=O)O)cc1. The topological polar surface area (TPSA) is 111 Å². The van der Waals surface area contributed by atoms with Crippen LogP contribution in [0.5, 0.6) is 5.75 Å². The number of aryl methyl sites for hydroxylation is 1. The van der Waals surface area contributed by atoms with E-state index < -0.39 is 11.2 Å². The third-order valence-corrected chi connectivity index (χ3v) is 7.92. The minimum Gasteiger partial charge on any atom is -0.487 e. The predicted octanol–water partition coefficient (Wildman–Crippen LogP) is 6.11. The van der Waals surface area contributed by atoms with Gasteiger partial charge in [0.2, 0.25) is 5.91 Å². The molecule has 0 radical (unpaired) electrons. The number of carbonyl (C=O) groups is 3. The number of hydrogen-bond acceptors (Lipinski definition) is 6. The number of carboxylic acids is 1. The van der Waals surface area contributed by atoms with Gasteiger partial charge in [0.05, 0.1) is 16.5 Å². The summed E-state index contributed by atoms with van der Waals surface area (Å²) in [6.07, 6.45) is 5.48. The van der Waals surface area contributed by atoms with Crippen LogP contribution in [0.2, 0.25) is 0 Å². The number of thioether (sulfide) groups is 1. The highest BCUT2D eigenvalue weighted by Gasteiger charge is 2.31. The number of imidazole rings is 1. The summed E-state index contributed by atoms with van der Waals surface area (Å²) < 4.78 is 8.17. The molecule has 9 heteroatoms. The fourth-order valence-corrected chi connectivity index (χ4v) is 5.64. The Balaban J connectivity index is 1.24. The largest absolute Gasteiger partial charge is 0.487 e. The van der Waals surface area contributed by atoms with E-state index in [-0.39, 0.29) is 16.7 Å². The molecule has 0 saturated carbocycles. The van der Waals surface area contributed by atoms with E-state index >= 15 is 0 Å². The lowest BCUT2D eigenvalue weighted by atomic mass is 9.99. The van der Waals surface area contributed by atoms with Crippen molar-refractivity contribution < 1.29 is 24.2 Å². The van der Waals surface area contributed by atoms with Gasteiger partial charge >= 0.3 is 5.97 Å². The van der Waals surface area contributed by atoms with Crippen molar-refractivity contribution in [1.82, 2.24) is 14.9 Å². The van der Waals surface area contributed by atoms with Crippen LogP contribution < -0.4 is 10.1 Å². The molecule has 1 fully saturated rings. The third-order valence-electron chi connectivity index (χ3n) is 6.94. The van der Waals surface area contributed by atoms with Crippen molar-refractivity contribution in [2.45, 2.75) is 51.0 Å². The molecule has 0 bridgehead atoms. The zero-order chi connectivity index (χ0) is 28.8. The van der Waals surface area contributed by atoms with Gasteiger partial charge in [-0.15, -0.1) is 0 Å². The second-order valence-corrected chi connectivity index (χ2v) is 11.1. The van der Waals surface area contributed by atoms with Crippen molar-refractivity contribution in [3.63, 3.8) is 0 Å². The number of carboxylic acid groups (broad SMARTS) is 1. The molecule has 3 aromatic carbocycles.